The second kappa shape index (κ2) is 7.91. The Morgan fingerprint density at radius 3 is 2.73 bits per heavy atom. The van der Waals surface area contributed by atoms with Gasteiger partial charge in [0.2, 0.25) is 0 Å². The number of fused-ring (bicyclic) bond motifs is 1. The number of aryl methyl sites for hydroxylation is 1. The first-order chi connectivity index (χ1) is 15.7. The zero-order valence-corrected chi connectivity index (χ0v) is 19.4. The van der Waals surface area contributed by atoms with Crippen LogP contribution in [0.25, 0.3) is 11.3 Å². The Balaban J connectivity index is 1.51. The molecular formula is C24H19BrF2N4O2. The van der Waals surface area contributed by atoms with Gasteiger partial charge in [0.05, 0.1) is 11.8 Å². The minimum Gasteiger partial charge on any atom is -0.355 e. The van der Waals surface area contributed by atoms with Crippen LogP contribution < -0.4 is 0 Å². The SMILES string of the molecule is Cn1cc(C2(C)CN(C(=O)c3cc(-c4ccc(F)cc4F)on3)Cc3ccc(Br)cc32)cn1. The summed E-state index contributed by atoms with van der Waals surface area (Å²) in [5.74, 6) is -1.75. The van der Waals surface area contributed by atoms with Crippen molar-refractivity contribution in [3.63, 3.8) is 0 Å². The summed E-state index contributed by atoms with van der Waals surface area (Å²) in [6, 6.07) is 10.6. The molecule has 1 aliphatic rings. The van der Waals surface area contributed by atoms with Gasteiger partial charge in [-0.2, -0.15) is 5.10 Å². The number of amides is 1. The Labute approximate surface area is 196 Å². The van der Waals surface area contributed by atoms with E-state index in [0.717, 1.165) is 33.3 Å². The van der Waals surface area contributed by atoms with Crippen molar-refractivity contribution >= 4 is 21.8 Å². The van der Waals surface area contributed by atoms with E-state index < -0.39 is 17.0 Å². The van der Waals surface area contributed by atoms with Gasteiger partial charge in [-0.15, -0.1) is 0 Å². The Morgan fingerprint density at radius 1 is 1.18 bits per heavy atom. The maximum atomic E-state index is 14.2. The van der Waals surface area contributed by atoms with Crippen LogP contribution in [0.5, 0.6) is 0 Å². The molecule has 2 aromatic heterocycles. The van der Waals surface area contributed by atoms with E-state index in [-0.39, 0.29) is 22.9 Å². The highest BCUT2D eigenvalue weighted by Crippen LogP contribution is 2.40. The van der Waals surface area contributed by atoms with E-state index in [2.05, 4.69) is 39.2 Å². The highest BCUT2D eigenvalue weighted by molar-refractivity contribution is 9.10. The monoisotopic (exact) mass is 512 g/mol. The predicted octanol–water partition coefficient (Wildman–Crippen LogP) is 5.08. The summed E-state index contributed by atoms with van der Waals surface area (Å²) in [5.41, 5.74) is 2.70. The van der Waals surface area contributed by atoms with Crippen molar-refractivity contribution in [3.8, 4) is 11.3 Å². The van der Waals surface area contributed by atoms with Gasteiger partial charge in [0.25, 0.3) is 5.91 Å². The molecule has 0 spiro atoms. The minimum absolute atomic E-state index is 0.0389. The number of hydrogen-bond acceptors (Lipinski definition) is 4. The van der Waals surface area contributed by atoms with Crippen LogP contribution in [0.1, 0.15) is 34.1 Å². The average molecular weight is 513 g/mol. The summed E-state index contributed by atoms with van der Waals surface area (Å²) in [7, 11) is 1.85. The molecular weight excluding hydrogens is 494 g/mol. The third kappa shape index (κ3) is 3.76. The van der Waals surface area contributed by atoms with Crippen molar-refractivity contribution < 1.29 is 18.1 Å². The summed E-state index contributed by atoms with van der Waals surface area (Å²) < 4.78 is 35.3. The van der Waals surface area contributed by atoms with Gasteiger partial charge in [0, 0.05) is 53.9 Å². The topological polar surface area (TPSA) is 64.2 Å². The molecule has 0 aliphatic carbocycles. The molecule has 4 aromatic rings. The Morgan fingerprint density at radius 2 is 2.00 bits per heavy atom. The summed E-state index contributed by atoms with van der Waals surface area (Å²) in [6.07, 6.45) is 3.76. The third-order valence-corrected chi connectivity index (χ3v) is 6.58. The number of hydrogen-bond donors (Lipinski definition) is 0. The van der Waals surface area contributed by atoms with Crippen molar-refractivity contribution in [1.82, 2.24) is 19.8 Å². The van der Waals surface area contributed by atoms with Crippen LogP contribution in [-0.4, -0.2) is 32.3 Å². The summed E-state index contributed by atoms with van der Waals surface area (Å²) in [6.45, 7) is 2.87. The standard InChI is InChI=1S/C24H19BrF2N4O2/c1-24(15-10-28-30(2)12-15)13-31(11-14-3-4-16(25)7-19(14)24)23(32)21-9-22(33-29-21)18-6-5-17(26)8-20(18)27/h3-10,12H,11,13H2,1-2H3. The first-order valence-corrected chi connectivity index (χ1v) is 11.0. The lowest BCUT2D eigenvalue weighted by atomic mass is 9.73. The number of nitrogens with zero attached hydrogens (tertiary/aromatic N) is 4. The van der Waals surface area contributed by atoms with E-state index in [0.29, 0.717) is 13.1 Å². The Kier molecular flexibility index (Phi) is 5.16. The van der Waals surface area contributed by atoms with E-state index in [4.69, 9.17) is 4.52 Å². The average Bonchev–Trinajstić information content (AvgIpc) is 3.43. The lowest BCUT2D eigenvalue weighted by Gasteiger charge is -2.41. The van der Waals surface area contributed by atoms with E-state index in [1.807, 2.05) is 31.6 Å². The molecule has 0 N–H and O–H groups in total. The molecule has 2 aromatic carbocycles. The largest absolute Gasteiger partial charge is 0.355 e. The minimum atomic E-state index is -0.785. The molecule has 33 heavy (non-hydrogen) atoms. The second-order valence-electron chi connectivity index (χ2n) is 8.40. The first-order valence-electron chi connectivity index (χ1n) is 10.2. The smallest absolute Gasteiger partial charge is 0.276 e. The van der Waals surface area contributed by atoms with Crippen molar-refractivity contribution in [1.29, 1.82) is 0 Å². The van der Waals surface area contributed by atoms with Gasteiger partial charge in [-0.1, -0.05) is 27.2 Å². The lowest BCUT2D eigenvalue weighted by Crippen LogP contribution is -2.47. The molecule has 5 rings (SSSR count). The van der Waals surface area contributed by atoms with Gasteiger partial charge < -0.3 is 9.42 Å². The van der Waals surface area contributed by atoms with E-state index in [9.17, 15) is 13.6 Å². The van der Waals surface area contributed by atoms with Crippen molar-refractivity contribution in [3.05, 3.63) is 93.3 Å². The van der Waals surface area contributed by atoms with Crippen LogP contribution >= 0.6 is 15.9 Å². The van der Waals surface area contributed by atoms with Gasteiger partial charge in [-0.05, 0) is 42.3 Å². The predicted molar refractivity (Wildman–Crippen MR) is 120 cm³/mol. The normalized spacial score (nSPS) is 17.8. The third-order valence-electron chi connectivity index (χ3n) is 6.09. The maximum absolute atomic E-state index is 14.2. The summed E-state index contributed by atoms with van der Waals surface area (Å²) >= 11 is 3.56. The molecule has 1 aliphatic heterocycles. The second-order valence-corrected chi connectivity index (χ2v) is 9.31. The number of carbonyl (C=O) groups excluding carboxylic acids is 1. The van der Waals surface area contributed by atoms with Crippen molar-refractivity contribution in [2.45, 2.75) is 18.9 Å². The fraction of sp³-hybridized carbons (Fsp3) is 0.208. The van der Waals surface area contributed by atoms with Gasteiger partial charge in [-0.25, -0.2) is 8.78 Å². The fourth-order valence-corrected chi connectivity index (χ4v) is 4.74. The van der Waals surface area contributed by atoms with E-state index in [1.54, 1.807) is 9.58 Å². The van der Waals surface area contributed by atoms with Crippen LogP contribution in [0.3, 0.4) is 0 Å². The van der Waals surface area contributed by atoms with Crippen LogP contribution in [0.15, 0.2) is 63.9 Å². The molecule has 3 heterocycles. The highest BCUT2D eigenvalue weighted by Gasteiger charge is 2.40. The van der Waals surface area contributed by atoms with Gasteiger partial charge in [0.15, 0.2) is 11.5 Å². The molecule has 168 valence electrons. The van der Waals surface area contributed by atoms with Gasteiger partial charge in [0.1, 0.15) is 11.6 Å². The molecule has 0 fully saturated rings. The first kappa shape index (κ1) is 21.5. The zero-order chi connectivity index (χ0) is 23.3. The number of halogens is 3. The van der Waals surface area contributed by atoms with Gasteiger partial charge in [-0.3, -0.25) is 9.48 Å². The highest BCUT2D eigenvalue weighted by atomic mass is 79.9. The number of benzene rings is 2. The quantitative estimate of drug-likeness (QED) is 0.384. The molecule has 1 unspecified atom stereocenters. The lowest BCUT2D eigenvalue weighted by molar-refractivity contribution is 0.0685. The zero-order valence-electron chi connectivity index (χ0n) is 17.8. The molecule has 1 atom stereocenters. The Hall–Kier alpha value is -3.33. The van der Waals surface area contributed by atoms with Crippen LogP contribution in [0, 0.1) is 11.6 Å². The maximum Gasteiger partial charge on any atom is 0.276 e. The summed E-state index contributed by atoms with van der Waals surface area (Å²) in [4.78, 5) is 15.1. The van der Waals surface area contributed by atoms with Crippen LogP contribution in [-0.2, 0) is 19.0 Å². The van der Waals surface area contributed by atoms with Gasteiger partial charge >= 0.3 is 0 Å². The fourth-order valence-electron chi connectivity index (χ4n) is 4.38. The molecule has 0 radical (unpaired) electrons. The van der Waals surface area contributed by atoms with E-state index >= 15 is 0 Å². The van der Waals surface area contributed by atoms with E-state index in [1.165, 1.54) is 12.1 Å². The molecule has 0 saturated heterocycles. The molecule has 0 saturated carbocycles. The summed E-state index contributed by atoms with van der Waals surface area (Å²) in [5, 5.41) is 8.20. The molecule has 1 amide bonds. The molecule has 0 bridgehead atoms. The number of aromatic nitrogens is 3. The van der Waals surface area contributed by atoms with Crippen LogP contribution in [0.4, 0.5) is 8.78 Å². The van der Waals surface area contributed by atoms with Crippen molar-refractivity contribution in [2.24, 2.45) is 7.05 Å². The van der Waals surface area contributed by atoms with Crippen molar-refractivity contribution in [2.75, 3.05) is 6.54 Å². The molecule has 6 nitrogen and oxygen atoms in total. The molecule has 9 heteroatoms. The number of carbonyl (C=O) groups is 1. The Bertz CT molecular complexity index is 1380. The number of rotatable bonds is 3. The van der Waals surface area contributed by atoms with Crippen LogP contribution in [0.2, 0.25) is 0 Å².